The number of phenolic OH excluding ortho intramolecular Hbond substituents is 4. The van der Waals surface area contributed by atoms with E-state index in [4.69, 9.17) is 13.9 Å². The standard InChI is InChI=1S/C27H30O16/c28-5-12-17(33)21(37)23(39)26(42-12)15-19(35)14-10(32)4-11(7-1-2-8(30)9(31)3-7)41-25(14)16(20(15)36)27-24(40)22(38)18(34)13(6-29)43-27/h1-4,12-13,17-18,21-24,26-31,33-40H,5-6H2/t12-,13-,17+,18+,21+,22+,23-,24+,26+,27+/m1/s1. The van der Waals surface area contributed by atoms with Gasteiger partial charge in [0.15, 0.2) is 22.5 Å². The molecule has 0 aliphatic carbocycles. The Balaban J connectivity index is 1.82. The predicted molar refractivity (Wildman–Crippen MR) is 140 cm³/mol. The van der Waals surface area contributed by atoms with Crippen molar-refractivity contribution in [2.24, 2.45) is 0 Å². The second-order valence-electron chi connectivity index (χ2n) is 10.4. The lowest BCUT2D eigenvalue weighted by Gasteiger charge is -2.42. The van der Waals surface area contributed by atoms with Gasteiger partial charge in [0.05, 0.1) is 24.3 Å². The van der Waals surface area contributed by atoms with Crippen molar-refractivity contribution in [1.82, 2.24) is 0 Å². The van der Waals surface area contributed by atoms with Crippen LogP contribution in [-0.4, -0.2) is 123 Å². The number of ether oxygens (including phenoxy) is 2. The molecule has 2 aliphatic heterocycles. The van der Waals surface area contributed by atoms with Gasteiger partial charge in [-0.05, 0) is 18.2 Å². The molecule has 43 heavy (non-hydrogen) atoms. The quantitative estimate of drug-likeness (QED) is 0.131. The fourth-order valence-electron chi connectivity index (χ4n) is 5.44. The largest absolute Gasteiger partial charge is 0.507 e. The molecule has 12 N–H and O–H groups in total. The van der Waals surface area contributed by atoms with Crippen LogP contribution in [0, 0.1) is 0 Å². The Morgan fingerprint density at radius 2 is 1.16 bits per heavy atom. The maximum atomic E-state index is 13.5. The summed E-state index contributed by atoms with van der Waals surface area (Å²) in [4.78, 5) is 13.5. The molecule has 2 aliphatic rings. The zero-order valence-electron chi connectivity index (χ0n) is 22.0. The molecule has 0 saturated carbocycles. The minimum atomic E-state index is -2.05. The Hall–Kier alpha value is -3.55. The first-order chi connectivity index (χ1) is 20.3. The van der Waals surface area contributed by atoms with Crippen LogP contribution in [0.25, 0.3) is 22.3 Å². The first-order valence-electron chi connectivity index (χ1n) is 13.0. The first kappa shape index (κ1) is 30.9. The Bertz CT molecular complexity index is 1570. The smallest absolute Gasteiger partial charge is 0.197 e. The number of hydrogen-bond donors (Lipinski definition) is 12. The number of benzene rings is 2. The number of aromatic hydroxyl groups is 4. The van der Waals surface area contributed by atoms with Gasteiger partial charge in [-0.3, -0.25) is 4.79 Å². The van der Waals surface area contributed by atoms with Crippen LogP contribution in [0.1, 0.15) is 23.3 Å². The summed E-state index contributed by atoms with van der Waals surface area (Å²) >= 11 is 0. The van der Waals surface area contributed by atoms with E-state index in [-0.39, 0.29) is 11.3 Å². The summed E-state index contributed by atoms with van der Waals surface area (Å²) in [5.74, 6) is -3.43. The van der Waals surface area contributed by atoms with Gasteiger partial charge in [0.25, 0.3) is 0 Å². The Morgan fingerprint density at radius 1 is 0.628 bits per heavy atom. The third-order valence-electron chi connectivity index (χ3n) is 7.81. The van der Waals surface area contributed by atoms with Crippen molar-refractivity contribution >= 4 is 11.0 Å². The summed E-state index contributed by atoms with van der Waals surface area (Å²) < 4.78 is 16.9. The molecule has 10 atom stereocenters. The number of aliphatic hydroxyl groups excluding tert-OH is 8. The van der Waals surface area contributed by atoms with Crippen molar-refractivity contribution < 1.29 is 75.2 Å². The summed E-state index contributed by atoms with van der Waals surface area (Å²) in [6.07, 6.45) is -18.5. The topological polar surface area (TPSA) is 291 Å². The van der Waals surface area contributed by atoms with Gasteiger partial charge in [0, 0.05) is 11.6 Å². The maximum Gasteiger partial charge on any atom is 0.197 e. The fourth-order valence-corrected chi connectivity index (χ4v) is 5.44. The van der Waals surface area contributed by atoms with Crippen LogP contribution in [0.15, 0.2) is 33.5 Å². The number of rotatable bonds is 5. The van der Waals surface area contributed by atoms with Gasteiger partial charge in [-0.25, -0.2) is 0 Å². The van der Waals surface area contributed by atoms with E-state index in [0.29, 0.717) is 0 Å². The molecule has 1 aromatic heterocycles. The lowest BCUT2D eigenvalue weighted by molar-refractivity contribution is -0.234. The molecule has 2 fully saturated rings. The Labute approximate surface area is 240 Å². The molecular weight excluding hydrogens is 580 g/mol. The third kappa shape index (κ3) is 4.96. The minimum absolute atomic E-state index is 0.0334. The van der Waals surface area contributed by atoms with Crippen LogP contribution in [0.3, 0.4) is 0 Å². The highest BCUT2D eigenvalue weighted by molar-refractivity contribution is 5.92. The van der Waals surface area contributed by atoms with Crippen LogP contribution in [0.4, 0.5) is 0 Å². The van der Waals surface area contributed by atoms with E-state index >= 15 is 0 Å². The predicted octanol–water partition coefficient (Wildman–Crippen LogP) is -2.69. The highest BCUT2D eigenvalue weighted by Gasteiger charge is 2.50. The zero-order valence-corrected chi connectivity index (χ0v) is 22.0. The highest BCUT2D eigenvalue weighted by Crippen LogP contribution is 2.51. The monoisotopic (exact) mass is 610 g/mol. The van der Waals surface area contributed by atoms with Crippen molar-refractivity contribution in [3.05, 3.63) is 45.6 Å². The molecule has 0 radical (unpaired) electrons. The Morgan fingerprint density at radius 3 is 1.67 bits per heavy atom. The van der Waals surface area contributed by atoms with Crippen LogP contribution in [0.2, 0.25) is 0 Å². The summed E-state index contributed by atoms with van der Waals surface area (Å²) in [6, 6.07) is 4.26. The average Bonchev–Trinajstić information content (AvgIpc) is 2.98. The number of phenols is 4. The van der Waals surface area contributed by atoms with Crippen molar-refractivity contribution in [3.63, 3.8) is 0 Å². The van der Waals surface area contributed by atoms with Gasteiger partial charge >= 0.3 is 0 Å². The second-order valence-corrected chi connectivity index (χ2v) is 10.4. The fraction of sp³-hybridized carbons (Fsp3) is 0.444. The summed E-state index contributed by atoms with van der Waals surface area (Å²) in [5, 5.41) is 124. The van der Waals surface area contributed by atoms with Crippen LogP contribution >= 0.6 is 0 Å². The van der Waals surface area contributed by atoms with Gasteiger partial charge in [-0.1, -0.05) is 0 Å². The number of hydrogen-bond acceptors (Lipinski definition) is 16. The van der Waals surface area contributed by atoms with E-state index in [1.54, 1.807) is 0 Å². The van der Waals surface area contributed by atoms with Crippen molar-refractivity contribution in [3.8, 4) is 34.3 Å². The van der Waals surface area contributed by atoms with Crippen LogP contribution < -0.4 is 5.43 Å². The molecule has 234 valence electrons. The number of aliphatic hydroxyl groups is 8. The molecule has 0 unspecified atom stereocenters. The normalized spacial score (nSPS) is 33.1. The van der Waals surface area contributed by atoms with Crippen molar-refractivity contribution in [2.75, 3.05) is 13.2 Å². The lowest BCUT2D eigenvalue weighted by atomic mass is 9.85. The van der Waals surface area contributed by atoms with Crippen molar-refractivity contribution in [2.45, 2.75) is 61.0 Å². The van der Waals surface area contributed by atoms with E-state index < -0.39 is 125 Å². The molecule has 2 aromatic carbocycles. The summed E-state index contributed by atoms with van der Waals surface area (Å²) in [6.45, 7) is -1.75. The molecule has 16 nitrogen and oxygen atoms in total. The van der Waals surface area contributed by atoms with Gasteiger partial charge in [-0.15, -0.1) is 0 Å². The zero-order chi connectivity index (χ0) is 31.5. The van der Waals surface area contributed by atoms with E-state index in [2.05, 4.69) is 0 Å². The minimum Gasteiger partial charge on any atom is -0.507 e. The Kier molecular flexibility index (Phi) is 8.27. The molecule has 0 amide bonds. The maximum absolute atomic E-state index is 13.5. The summed E-state index contributed by atoms with van der Waals surface area (Å²) in [5.41, 5.74) is -2.97. The number of fused-ring (bicyclic) bond motifs is 1. The van der Waals surface area contributed by atoms with Crippen LogP contribution in [0.5, 0.6) is 23.0 Å². The molecule has 3 heterocycles. The molecule has 3 aromatic rings. The van der Waals surface area contributed by atoms with E-state index in [1.807, 2.05) is 0 Å². The van der Waals surface area contributed by atoms with Gasteiger partial charge in [0.2, 0.25) is 0 Å². The average molecular weight is 611 g/mol. The lowest BCUT2D eigenvalue weighted by Crippen LogP contribution is -2.55. The van der Waals surface area contributed by atoms with Crippen molar-refractivity contribution in [1.29, 1.82) is 0 Å². The van der Waals surface area contributed by atoms with Crippen LogP contribution in [-0.2, 0) is 9.47 Å². The van der Waals surface area contributed by atoms with E-state index in [0.717, 1.165) is 18.2 Å². The first-order valence-corrected chi connectivity index (χ1v) is 13.0. The molecule has 0 bridgehead atoms. The molecule has 2 saturated heterocycles. The van der Waals surface area contributed by atoms with Gasteiger partial charge in [0.1, 0.15) is 83.7 Å². The third-order valence-corrected chi connectivity index (χ3v) is 7.81. The summed E-state index contributed by atoms with van der Waals surface area (Å²) in [7, 11) is 0. The van der Waals surface area contributed by atoms with Gasteiger partial charge < -0.3 is 75.2 Å². The van der Waals surface area contributed by atoms with E-state index in [9.17, 15) is 66.1 Å². The SMILES string of the molecule is O=c1cc(-c2ccc(O)c(O)c2)oc2c([C@@H]3O[C@H](CO)[C@H](O)[C@H](O)[C@@H]3O)c(O)c([C@@H]3O[C@H](CO)[C@H](O)[C@H](O)[C@H]3O)c(O)c12. The van der Waals surface area contributed by atoms with Gasteiger partial charge in [-0.2, -0.15) is 0 Å². The van der Waals surface area contributed by atoms with E-state index in [1.165, 1.54) is 6.07 Å². The molecular formula is C27H30O16. The highest BCUT2D eigenvalue weighted by atomic mass is 16.6. The molecule has 16 heteroatoms. The molecule has 5 rings (SSSR count). The molecule has 0 spiro atoms. The second kappa shape index (κ2) is 11.5.